The van der Waals surface area contributed by atoms with Crippen molar-refractivity contribution < 1.29 is 9.53 Å². The van der Waals surface area contributed by atoms with Gasteiger partial charge in [0.15, 0.2) is 6.10 Å². The lowest BCUT2D eigenvalue weighted by molar-refractivity contribution is -0.143. The van der Waals surface area contributed by atoms with E-state index in [-0.39, 0.29) is 5.91 Å². The largest absolute Gasteiger partial charge is 0.365 e. The first-order valence-electron chi connectivity index (χ1n) is 7.29. The van der Waals surface area contributed by atoms with Gasteiger partial charge in [0.25, 0.3) is 5.91 Å². The van der Waals surface area contributed by atoms with Crippen LogP contribution in [0.4, 0.5) is 5.82 Å². The second kappa shape index (κ2) is 6.10. The Balaban J connectivity index is 1.67. The molecule has 0 spiro atoms. The van der Waals surface area contributed by atoms with Gasteiger partial charge in [-0.05, 0) is 25.0 Å². The molecule has 110 valence electrons. The monoisotopic (exact) mass is 286 g/mol. The minimum atomic E-state index is -0.408. The summed E-state index contributed by atoms with van der Waals surface area (Å²) in [4.78, 5) is 20.6. The summed E-state index contributed by atoms with van der Waals surface area (Å²) in [7, 11) is 0. The molecule has 2 saturated heterocycles. The van der Waals surface area contributed by atoms with Gasteiger partial charge in [0.1, 0.15) is 11.9 Å². The molecular weight excluding hydrogens is 268 g/mol. The summed E-state index contributed by atoms with van der Waals surface area (Å²) in [6.45, 7) is 3.43. The lowest BCUT2D eigenvalue weighted by Gasteiger charge is -2.34. The van der Waals surface area contributed by atoms with Crippen molar-refractivity contribution in [3.8, 4) is 6.07 Å². The Morgan fingerprint density at radius 2 is 2.14 bits per heavy atom. The van der Waals surface area contributed by atoms with E-state index >= 15 is 0 Å². The number of nitriles is 1. The number of hydrogen-bond acceptors (Lipinski definition) is 5. The van der Waals surface area contributed by atoms with Crippen molar-refractivity contribution in [1.82, 2.24) is 9.88 Å². The summed E-state index contributed by atoms with van der Waals surface area (Å²) in [6.07, 6.45) is 3.31. The van der Waals surface area contributed by atoms with Gasteiger partial charge in [-0.1, -0.05) is 0 Å². The highest BCUT2D eigenvalue weighted by molar-refractivity contribution is 5.82. The second-order valence-corrected chi connectivity index (χ2v) is 5.35. The minimum Gasteiger partial charge on any atom is -0.365 e. The van der Waals surface area contributed by atoms with Crippen LogP contribution in [-0.4, -0.2) is 54.7 Å². The van der Waals surface area contributed by atoms with E-state index in [1.165, 1.54) is 0 Å². The number of carbonyl (C=O) groups is 1. The number of hydrogen-bond donors (Lipinski definition) is 0. The Morgan fingerprint density at radius 1 is 1.33 bits per heavy atom. The van der Waals surface area contributed by atoms with Crippen molar-refractivity contribution in [1.29, 1.82) is 5.26 Å². The van der Waals surface area contributed by atoms with Crippen LogP contribution in [0, 0.1) is 11.3 Å². The number of carbonyl (C=O) groups excluding carboxylic acids is 1. The number of morpholine rings is 1. The van der Waals surface area contributed by atoms with Crippen molar-refractivity contribution in [2.24, 2.45) is 0 Å². The summed E-state index contributed by atoms with van der Waals surface area (Å²) in [5, 5.41) is 8.80. The Bertz CT molecular complexity index is 546. The van der Waals surface area contributed by atoms with Crippen molar-refractivity contribution in [3.63, 3.8) is 0 Å². The molecule has 0 aromatic carbocycles. The molecule has 6 heteroatoms. The zero-order valence-electron chi connectivity index (χ0n) is 11.9. The molecule has 2 aliphatic rings. The highest BCUT2D eigenvalue weighted by Crippen LogP contribution is 2.18. The molecule has 1 amide bonds. The topological polar surface area (TPSA) is 69.5 Å². The SMILES string of the molecule is N#Cc1ccc(N2CCOC(C(=O)N3CCCC3)C2)nc1. The Hall–Kier alpha value is -2.13. The highest BCUT2D eigenvalue weighted by Gasteiger charge is 2.31. The number of nitrogens with zero attached hydrogens (tertiary/aromatic N) is 4. The summed E-state index contributed by atoms with van der Waals surface area (Å²) < 4.78 is 5.64. The molecular formula is C15H18N4O2. The van der Waals surface area contributed by atoms with Crippen LogP contribution in [0.15, 0.2) is 18.3 Å². The van der Waals surface area contributed by atoms with Gasteiger partial charge in [0.05, 0.1) is 18.7 Å². The number of aromatic nitrogens is 1. The van der Waals surface area contributed by atoms with Gasteiger partial charge < -0.3 is 14.5 Å². The summed E-state index contributed by atoms with van der Waals surface area (Å²) >= 11 is 0. The first-order chi connectivity index (χ1) is 10.3. The number of likely N-dealkylation sites (tertiary alicyclic amines) is 1. The minimum absolute atomic E-state index is 0.0887. The summed E-state index contributed by atoms with van der Waals surface area (Å²) in [6, 6.07) is 5.62. The van der Waals surface area contributed by atoms with Crippen LogP contribution >= 0.6 is 0 Å². The molecule has 1 aromatic rings. The highest BCUT2D eigenvalue weighted by atomic mass is 16.5. The number of amides is 1. The van der Waals surface area contributed by atoms with E-state index in [2.05, 4.69) is 11.1 Å². The maximum atomic E-state index is 12.4. The first kappa shape index (κ1) is 13.8. The third kappa shape index (κ3) is 2.98. The first-order valence-corrected chi connectivity index (χ1v) is 7.29. The van der Waals surface area contributed by atoms with E-state index < -0.39 is 6.10 Å². The van der Waals surface area contributed by atoms with Crippen LogP contribution < -0.4 is 4.90 Å². The molecule has 21 heavy (non-hydrogen) atoms. The van der Waals surface area contributed by atoms with Gasteiger partial charge in [-0.3, -0.25) is 4.79 Å². The molecule has 3 rings (SSSR count). The molecule has 2 aliphatic heterocycles. The van der Waals surface area contributed by atoms with Crippen molar-refractivity contribution in [3.05, 3.63) is 23.9 Å². The number of ether oxygens (including phenoxy) is 1. The van der Waals surface area contributed by atoms with Crippen LogP contribution in [0.3, 0.4) is 0 Å². The normalized spacial score (nSPS) is 22.1. The number of anilines is 1. The molecule has 1 aromatic heterocycles. The molecule has 2 fully saturated rings. The van der Waals surface area contributed by atoms with Crippen LogP contribution in [0.25, 0.3) is 0 Å². The Morgan fingerprint density at radius 3 is 2.81 bits per heavy atom. The standard InChI is InChI=1S/C15H18N4O2/c16-9-12-3-4-14(17-10-12)19-7-8-21-13(11-19)15(20)18-5-1-2-6-18/h3-4,10,13H,1-2,5-8,11H2. The number of pyridine rings is 1. The predicted molar refractivity (Wildman–Crippen MR) is 76.7 cm³/mol. The van der Waals surface area contributed by atoms with Gasteiger partial charge in [-0.2, -0.15) is 5.26 Å². The molecule has 1 unspecified atom stereocenters. The average Bonchev–Trinajstić information content (AvgIpc) is 3.09. The van der Waals surface area contributed by atoms with E-state index in [0.717, 1.165) is 31.7 Å². The molecule has 0 saturated carbocycles. The van der Waals surface area contributed by atoms with E-state index in [1.54, 1.807) is 12.3 Å². The molecule has 0 bridgehead atoms. The molecule has 6 nitrogen and oxygen atoms in total. The van der Waals surface area contributed by atoms with Gasteiger partial charge in [0.2, 0.25) is 0 Å². The van der Waals surface area contributed by atoms with Crippen LogP contribution in [0.1, 0.15) is 18.4 Å². The molecule has 3 heterocycles. The predicted octanol–water partition coefficient (Wildman–Crippen LogP) is 0.781. The smallest absolute Gasteiger partial charge is 0.253 e. The van der Waals surface area contributed by atoms with E-state index in [1.807, 2.05) is 15.9 Å². The third-order valence-electron chi connectivity index (χ3n) is 3.96. The fraction of sp³-hybridized carbons (Fsp3) is 0.533. The fourth-order valence-corrected chi connectivity index (χ4v) is 2.79. The lowest BCUT2D eigenvalue weighted by Crippen LogP contribution is -2.50. The lowest BCUT2D eigenvalue weighted by atomic mass is 10.2. The van der Waals surface area contributed by atoms with Crippen LogP contribution in [0.5, 0.6) is 0 Å². The third-order valence-corrected chi connectivity index (χ3v) is 3.96. The van der Waals surface area contributed by atoms with E-state index in [4.69, 9.17) is 10.00 Å². The van der Waals surface area contributed by atoms with Gasteiger partial charge in [0, 0.05) is 25.8 Å². The van der Waals surface area contributed by atoms with Crippen LogP contribution in [0.2, 0.25) is 0 Å². The average molecular weight is 286 g/mol. The zero-order valence-corrected chi connectivity index (χ0v) is 11.9. The Kier molecular flexibility index (Phi) is 4.02. The maximum absolute atomic E-state index is 12.4. The van der Waals surface area contributed by atoms with E-state index in [9.17, 15) is 4.79 Å². The quantitative estimate of drug-likeness (QED) is 0.803. The van der Waals surface area contributed by atoms with E-state index in [0.29, 0.717) is 25.3 Å². The van der Waals surface area contributed by atoms with Gasteiger partial charge in [-0.25, -0.2) is 4.98 Å². The zero-order chi connectivity index (χ0) is 14.7. The Labute approximate surface area is 123 Å². The van der Waals surface area contributed by atoms with Crippen molar-refractivity contribution in [2.45, 2.75) is 18.9 Å². The number of rotatable bonds is 2. The molecule has 0 aliphatic carbocycles. The van der Waals surface area contributed by atoms with Crippen LogP contribution in [-0.2, 0) is 9.53 Å². The van der Waals surface area contributed by atoms with Crippen molar-refractivity contribution >= 4 is 11.7 Å². The van der Waals surface area contributed by atoms with Gasteiger partial charge in [-0.15, -0.1) is 0 Å². The molecule has 1 atom stereocenters. The maximum Gasteiger partial charge on any atom is 0.253 e. The summed E-state index contributed by atoms with van der Waals surface area (Å²) in [5.74, 6) is 0.877. The summed E-state index contributed by atoms with van der Waals surface area (Å²) in [5.41, 5.74) is 0.539. The fourth-order valence-electron chi connectivity index (χ4n) is 2.79. The second-order valence-electron chi connectivity index (χ2n) is 5.35. The molecule has 0 N–H and O–H groups in total. The van der Waals surface area contributed by atoms with Gasteiger partial charge >= 0.3 is 0 Å². The molecule has 0 radical (unpaired) electrons. The van der Waals surface area contributed by atoms with Crippen molar-refractivity contribution in [2.75, 3.05) is 37.7 Å².